The Balaban J connectivity index is 0.00000187. The van der Waals surface area contributed by atoms with Crippen LogP contribution in [0.15, 0.2) is 90.7 Å². The molecule has 172 valence electrons. The maximum atomic E-state index is 4.30. The van der Waals surface area contributed by atoms with Crippen molar-refractivity contribution in [2.24, 2.45) is 7.05 Å². The molecule has 0 amide bonds. The summed E-state index contributed by atoms with van der Waals surface area (Å²) in [4.78, 5) is 2.29. The summed E-state index contributed by atoms with van der Waals surface area (Å²) in [5.74, 6) is 0. The first kappa shape index (κ1) is 25.7. The summed E-state index contributed by atoms with van der Waals surface area (Å²) in [6.07, 6.45) is 12.4. The van der Waals surface area contributed by atoms with Crippen molar-refractivity contribution in [1.29, 1.82) is 0 Å². The van der Waals surface area contributed by atoms with E-state index in [1.165, 1.54) is 16.5 Å². The van der Waals surface area contributed by atoms with Gasteiger partial charge in [0.2, 0.25) is 0 Å². The van der Waals surface area contributed by atoms with Gasteiger partial charge in [-0.3, -0.25) is 0 Å². The average molecular weight is 439 g/mol. The molecule has 0 unspecified atom stereocenters. The molecule has 0 saturated carbocycles. The molecule has 3 rings (SSSR count). The number of fused-ring (bicyclic) bond motifs is 1. The number of nitrogens with zero attached hydrogens (tertiary/aromatic N) is 2. The molecule has 0 radical (unpaired) electrons. The lowest BCUT2D eigenvalue weighted by atomic mass is 10.1. The van der Waals surface area contributed by atoms with E-state index in [9.17, 15) is 0 Å². The topological polar surface area (TPSA) is 8.17 Å². The molecule has 0 aliphatic rings. The molecular weight excluding hydrogens is 400 g/mol. The van der Waals surface area contributed by atoms with E-state index in [0.717, 1.165) is 33.2 Å². The minimum Gasteiger partial charge on any atom is -0.344 e. The molecule has 0 bridgehead atoms. The van der Waals surface area contributed by atoms with Gasteiger partial charge in [0.15, 0.2) is 0 Å². The van der Waals surface area contributed by atoms with E-state index in [0.29, 0.717) is 0 Å². The molecule has 2 nitrogen and oxygen atoms in total. The summed E-state index contributed by atoms with van der Waals surface area (Å²) in [7, 11) is 2.07. The summed E-state index contributed by atoms with van der Waals surface area (Å²) in [5.41, 5.74) is 6.94. The molecule has 0 aliphatic carbocycles. The molecule has 0 spiro atoms. The van der Waals surface area contributed by atoms with Crippen LogP contribution in [-0.2, 0) is 7.05 Å². The Labute approximate surface area is 199 Å². The first-order valence-corrected chi connectivity index (χ1v) is 11.6. The van der Waals surface area contributed by atoms with Crippen LogP contribution in [0.1, 0.15) is 40.2 Å². The minimum absolute atomic E-state index is 1.02. The standard InChI is InChI=1S/C29H32N2.C2H6/c1-8-10-11-27-24(6)30(7)29-19-18-26(20-28(27)29)31(23(5)15-12-21(3)9-2)25-16-13-22(4)14-17-25;1-2/h8-20H,2,6H2,1,3-5,7H3;1-2H3/b10-8-,21-12-,23-15+,27-11+;. The van der Waals surface area contributed by atoms with E-state index < -0.39 is 0 Å². The summed E-state index contributed by atoms with van der Waals surface area (Å²) in [6, 6.07) is 15.3. The van der Waals surface area contributed by atoms with Crippen LogP contribution >= 0.6 is 0 Å². The van der Waals surface area contributed by atoms with Crippen LogP contribution in [0.2, 0.25) is 0 Å². The smallest absolute Gasteiger partial charge is 0.0490 e. The van der Waals surface area contributed by atoms with Crippen LogP contribution in [0.5, 0.6) is 0 Å². The Hall–Kier alpha value is -3.52. The maximum absolute atomic E-state index is 4.30. The first-order valence-electron chi connectivity index (χ1n) is 11.6. The Morgan fingerprint density at radius 2 is 1.61 bits per heavy atom. The molecule has 2 aromatic carbocycles. The average Bonchev–Trinajstić information content (AvgIpc) is 3.07. The van der Waals surface area contributed by atoms with Crippen LogP contribution in [0.25, 0.3) is 23.6 Å². The Morgan fingerprint density at radius 1 is 0.970 bits per heavy atom. The highest BCUT2D eigenvalue weighted by Gasteiger charge is 2.13. The summed E-state index contributed by atoms with van der Waals surface area (Å²) in [5, 5.41) is 3.38. The van der Waals surface area contributed by atoms with E-state index in [2.05, 4.69) is 117 Å². The van der Waals surface area contributed by atoms with E-state index in [-0.39, 0.29) is 0 Å². The second kappa shape index (κ2) is 11.9. The second-order valence-corrected chi connectivity index (χ2v) is 7.91. The highest BCUT2D eigenvalue weighted by molar-refractivity contribution is 5.87. The molecule has 3 aromatic rings. The summed E-state index contributed by atoms with van der Waals surface area (Å²) < 4.78 is 2.16. The number of aromatic nitrogens is 1. The van der Waals surface area contributed by atoms with Gasteiger partial charge in [-0.15, -0.1) is 0 Å². The van der Waals surface area contributed by atoms with Crippen molar-refractivity contribution < 1.29 is 0 Å². The van der Waals surface area contributed by atoms with Crippen LogP contribution < -0.4 is 15.5 Å². The second-order valence-electron chi connectivity index (χ2n) is 7.91. The fourth-order valence-electron chi connectivity index (χ4n) is 3.68. The van der Waals surface area contributed by atoms with Crippen LogP contribution in [0, 0.1) is 6.92 Å². The molecule has 0 N–H and O–H groups in total. The number of rotatable bonds is 6. The van der Waals surface area contributed by atoms with Crippen LogP contribution in [0.3, 0.4) is 0 Å². The summed E-state index contributed by atoms with van der Waals surface area (Å²) in [6.45, 7) is 20.5. The Kier molecular flexibility index (Phi) is 9.30. The maximum Gasteiger partial charge on any atom is 0.0490 e. The van der Waals surface area contributed by atoms with Crippen molar-refractivity contribution in [2.75, 3.05) is 4.90 Å². The number of allylic oxidation sites excluding steroid dienone is 7. The van der Waals surface area contributed by atoms with Gasteiger partial charge in [-0.1, -0.05) is 80.7 Å². The highest BCUT2D eigenvalue weighted by Crippen LogP contribution is 2.31. The zero-order valence-electron chi connectivity index (χ0n) is 21.3. The van der Waals surface area contributed by atoms with Gasteiger partial charge in [0, 0.05) is 45.6 Å². The van der Waals surface area contributed by atoms with Crippen molar-refractivity contribution in [3.63, 3.8) is 0 Å². The van der Waals surface area contributed by atoms with Gasteiger partial charge in [-0.25, -0.2) is 0 Å². The van der Waals surface area contributed by atoms with Crippen molar-refractivity contribution in [3.05, 3.63) is 107 Å². The van der Waals surface area contributed by atoms with E-state index in [4.69, 9.17) is 0 Å². The largest absolute Gasteiger partial charge is 0.344 e. The molecular formula is C31H38N2. The van der Waals surface area contributed by atoms with Crippen LogP contribution in [0.4, 0.5) is 11.4 Å². The van der Waals surface area contributed by atoms with Gasteiger partial charge in [0.1, 0.15) is 0 Å². The highest BCUT2D eigenvalue weighted by atomic mass is 15.1. The summed E-state index contributed by atoms with van der Waals surface area (Å²) >= 11 is 0. The monoisotopic (exact) mass is 438 g/mol. The van der Waals surface area contributed by atoms with Gasteiger partial charge in [0.25, 0.3) is 0 Å². The van der Waals surface area contributed by atoms with Crippen molar-refractivity contribution in [3.8, 4) is 0 Å². The van der Waals surface area contributed by atoms with E-state index >= 15 is 0 Å². The SMILES string of the molecule is C=C/C(C)=C\C=C(/C)N(c1ccc(C)cc1)c1ccc2c(c1)/c(=C/C=C\C)c(=C)n2C.CC. The quantitative estimate of drug-likeness (QED) is 0.363. The molecule has 33 heavy (non-hydrogen) atoms. The van der Waals surface area contributed by atoms with E-state index in [1.54, 1.807) is 0 Å². The van der Waals surface area contributed by atoms with Crippen molar-refractivity contribution in [1.82, 2.24) is 4.57 Å². The number of aryl methyl sites for hydroxylation is 2. The van der Waals surface area contributed by atoms with E-state index in [1.807, 2.05) is 32.9 Å². The van der Waals surface area contributed by atoms with Crippen molar-refractivity contribution in [2.45, 2.75) is 41.5 Å². The molecule has 0 aliphatic heterocycles. The van der Waals surface area contributed by atoms with Gasteiger partial charge >= 0.3 is 0 Å². The first-order chi connectivity index (χ1) is 15.9. The predicted octanol–water partition coefficient (Wildman–Crippen LogP) is 7.45. The van der Waals surface area contributed by atoms with Gasteiger partial charge in [-0.05, 0) is 64.1 Å². The third-order valence-corrected chi connectivity index (χ3v) is 5.62. The lowest BCUT2D eigenvalue weighted by molar-refractivity contribution is 0.928. The molecule has 0 atom stereocenters. The minimum atomic E-state index is 1.02. The number of anilines is 2. The molecule has 1 aromatic heterocycles. The Morgan fingerprint density at radius 3 is 2.21 bits per heavy atom. The lowest BCUT2D eigenvalue weighted by Crippen LogP contribution is -2.25. The third kappa shape index (κ3) is 5.84. The Bertz CT molecular complexity index is 1300. The van der Waals surface area contributed by atoms with Crippen molar-refractivity contribution >= 4 is 34.9 Å². The van der Waals surface area contributed by atoms with Gasteiger partial charge < -0.3 is 9.47 Å². The normalized spacial score (nSPS) is 12.8. The predicted molar refractivity (Wildman–Crippen MR) is 149 cm³/mol. The van der Waals surface area contributed by atoms with Crippen LogP contribution in [-0.4, -0.2) is 4.57 Å². The third-order valence-electron chi connectivity index (χ3n) is 5.62. The molecule has 2 heteroatoms. The number of benzene rings is 2. The number of hydrogen-bond donors (Lipinski definition) is 0. The fourth-order valence-corrected chi connectivity index (χ4v) is 3.68. The molecule has 0 fully saturated rings. The van der Waals surface area contributed by atoms with Gasteiger partial charge in [0.05, 0.1) is 0 Å². The zero-order valence-corrected chi connectivity index (χ0v) is 21.3. The zero-order chi connectivity index (χ0) is 24.5. The fraction of sp³-hybridized carbons (Fsp3) is 0.226. The van der Waals surface area contributed by atoms with Gasteiger partial charge in [-0.2, -0.15) is 0 Å². The number of hydrogen-bond acceptors (Lipinski definition) is 1. The molecule has 1 heterocycles. The molecule has 0 saturated heterocycles. The lowest BCUT2D eigenvalue weighted by Gasteiger charge is -2.26.